The average Bonchev–Trinajstić information content (AvgIpc) is 2.04. The summed E-state index contributed by atoms with van der Waals surface area (Å²) in [6, 6.07) is 0. The standard InChI is InChI=1S/C11H22O2/c1-7-10(3,4)11(5,6)9(12)13-8-2/h7-8H2,1-6H3. The van der Waals surface area contributed by atoms with Gasteiger partial charge < -0.3 is 4.74 Å². The van der Waals surface area contributed by atoms with E-state index >= 15 is 0 Å². The van der Waals surface area contributed by atoms with Crippen molar-refractivity contribution in [3.8, 4) is 0 Å². The van der Waals surface area contributed by atoms with Crippen LogP contribution >= 0.6 is 0 Å². The van der Waals surface area contributed by atoms with E-state index in [0.717, 1.165) is 6.42 Å². The second-order valence-electron chi connectivity index (χ2n) is 4.58. The molecule has 13 heavy (non-hydrogen) atoms. The van der Waals surface area contributed by atoms with Crippen LogP contribution < -0.4 is 0 Å². The fourth-order valence-corrected chi connectivity index (χ4v) is 1.03. The van der Waals surface area contributed by atoms with Gasteiger partial charge in [-0.1, -0.05) is 20.8 Å². The van der Waals surface area contributed by atoms with Crippen molar-refractivity contribution in [2.45, 2.75) is 48.0 Å². The minimum absolute atomic E-state index is 0.0146. The van der Waals surface area contributed by atoms with Gasteiger partial charge in [-0.25, -0.2) is 0 Å². The van der Waals surface area contributed by atoms with Gasteiger partial charge in [0.15, 0.2) is 0 Å². The van der Waals surface area contributed by atoms with Gasteiger partial charge in [0.1, 0.15) is 0 Å². The summed E-state index contributed by atoms with van der Waals surface area (Å²) < 4.78 is 5.06. The smallest absolute Gasteiger partial charge is 0.312 e. The number of esters is 1. The Morgan fingerprint density at radius 3 is 1.92 bits per heavy atom. The van der Waals surface area contributed by atoms with Crippen molar-refractivity contribution in [2.75, 3.05) is 6.61 Å². The minimum atomic E-state index is -0.405. The van der Waals surface area contributed by atoms with Gasteiger partial charge in [-0.15, -0.1) is 0 Å². The lowest BCUT2D eigenvalue weighted by Crippen LogP contribution is -2.40. The number of hydrogen-bond acceptors (Lipinski definition) is 2. The Bertz CT molecular complexity index is 181. The van der Waals surface area contributed by atoms with Crippen LogP contribution in [-0.4, -0.2) is 12.6 Å². The van der Waals surface area contributed by atoms with Crippen molar-refractivity contribution in [3.63, 3.8) is 0 Å². The molecule has 0 aromatic carbocycles. The highest BCUT2D eigenvalue weighted by Gasteiger charge is 2.42. The Labute approximate surface area is 81.7 Å². The van der Waals surface area contributed by atoms with Gasteiger partial charge in [0, 0.05) is 0 Å². The summed E-state index contributed by atoms with van der Waals surface area (Å²) in [6.07, 6.45) is 0.971. The molecule has 2 nitrogen and oxygen atoms in total. The van der Waals surface area contributed by atoms with E-state index in [1.807, 2.05) is 20.8 Å². The van der Waals surface area contributed by atoms with Crippen LogP contribution in [0.3, 0.4) is 0 Å². The van der Waals surface area contributed by atoms with Gasteiger partial charge in [-0.3, -0.25) is 4.79 Å². The molecule has 0 saturated carbocycles. The highest BCUT2D eigenvalue weighted by Crippen LogP contribution is 2.41. The summed E-state index contributed by atoms with van der Waals surface area (Å²) in [4.78, 5) is 11.6. The van der Waals surface area contributed by atoms with Gasteiger partial charge in [-0.2, -0.15) is 0 Å². The van der Waals surface area contributed by atoms with Crippen LogP contribution in [-0.2, 0) is 9.53 Å². The molecule has 0 spiro atoms. The zero-order chi connectivity index (χ0) is 10.7. The first-order valence-corrected chi connectivity index (χ1v) is 4.96. The molecular formula is C11H22O2. The third-order valence-electron chi connectivity index (χ3n) is 3.36. The first-order valence-electron chi connectivity index (χ1n) is 4.96. The van der Waals surface area contributed by atoms with Crippen LogP contribution in [0.2, 0.25) is 0 Å². The van der Waals surface area contributed by atoms with E-state index in [1.54, 1.807) is 0 Å². The number of ether oxygens (including phenoxy) is 1. The fraction of sp³-hybridized carbons (Fsp3) is 0.909. The van der Waals surface area contributed by atoms with Gasteiger partial charge >= 0.3 is 5.97 Å². The maximum absolute atomic E-state index is 11.6. The second-order valence-corrected chi connectivity index (χ2v) is 4.58. The molecule has 0 heterocycles. The van der Waals surface area contributed by atoms with Gasteiger partial charge in [0.25, 0.3) is 0 Å². The third-order valence-corrected chi connectivity index (χ3v) is 3.36. The highest BCUT2D eigenvalue weighted by molar-refractivity contribution is 5.76. The summed E-state index contributed by atoms with van der Waals surface area (Å²) in [6.45, 7) is 12.5. The topological polar surface area (TPSA) is 26.3 Å². The average molecular weight is 186 g/mol. The van der Waals surface area contributed by atoms with Gasteiger partial charge in [0.05, 0.1) is 12.0 Å². The zero-order valence-corrected chi connectivity index (χ0v) is 9.73. The predicted octanol–water partition coefficient (Wildman–Crippen LogP) is 3.01. The molecular weight excluding hydrogens is 164 g/mol. The van der Waals surface area contributed by atoms with Crippen LogP contribution in [0, 0.1) is 10.8 Å². The Balaban J connectivity index is 4.64. The van der Waals surface area contributed by atoms with E-state index in [4.69, 9.17) is 4.74 Å². The molecule has 0 N–H and O–H groups in total. The molecule has 0 aromatic heterocycles. The first kappa shape index (κ1) is 12.5. The monoisotopic (exact) mass is 186 g/mol. The number of carbonyl (C=O) groups is 1. The normalized spacial score (nSPS) is 12.8. The first-order chi connectivity index (χ1) is 5.79. The summed E-state index contributed by atoms with van der Waals surface area (Å²) in [5.74, 6) is -0.0955. The summed E-state index contributed by atoms with van der Waals surface area (Å²) in [7, 11) is 0. The Kier molecular flexibility index (Phi) is 3.95. The molecule has 0 aliphatic carbocycles. The van der Waals surface area contributed by atoms with E-state index < -0.39 is 5.41 Å². The van der Waals surface area contributed by atoms with E-state index in [1.165, 1.54) is 0 Å². The maximum Gasteiger partial charge on any atom is 0.312 e. The molecule has 0 bridgehead atoms. The zero-order valence-electron chi connectivity index (χ0n) is 9.73. The van der Waals surface area contributed by atoms with Crippen LogP contribution in [0.1, 0.15) is 48.0 Å². The van der Waals surface area contributed by atoms with Crippen LogP contribution in [0.4, 0.5) is 0 Å². The summed E-state index contributed by atoms with van der Waals surface area (Å²) in [5, 5.41) is 0. The Morgan fingerprint density at radius 2 is 1.62 bits per heavy atom. The SMILES string of the molecule is CCOC(=O)C(C)(C)C(C)(C)CC. The lowest BCUT2D eigenvalue weighted by Gasteiger charge is -2.38. The van der Waals surface area contributed by atoms with E-state index in [-0.39, 0.29) is 11.4 Å². The Hall–Kier alpha value is -0.530. The van der Waals surface area contributed by atoms with E-state index in [2.05, 4.69) is 20.8 Å². The van der Waals surface area contributed by atoms with Crippen molar-refractivity contribution in [2.24, 2.45) is 10.8 Å². The van der Waals surface area contributed by atoms with Crippen molar-refractivity contribution >= 4 is 5.97 Å². The molecule has 0 radical (unpaired) electrons. The van der Waals surface area contributed by atoms with Gasteiger partial charge in [-0.05, 0) is 32.6 Å². The maximum atomic E-state index is 11.6. The predicted molar refractivity (Wildman–Crippen MR) is 54.5 cm³/mol. The molecule has 0 rings (SSSR count). The molecule has 0 aromatic rings. The van der Waals surface area contributed by atoms with Crippen LogP contribution in [0.15, 0.2) is 0 Å². The second kappa shape index (κ2) is 4.12. The van der Waals surface area contributed by atoms with Crippen LogP contribution in [0.5, 0.6) is 0 Å². The molecule has 78 valence electrons. The summed E-state index contributed by atoms with van der Waals surface area (Å²) >= 11 is 0. The molecule has 0 atom stereocenters. The third kappa shape index (κ3) is 2.45. The molecule has 0 saturated heterocycles. The summed E-state index contributed by atoms with van der Waals surface area (Å²) in [5.41, 5.74) is -0.420. The van der Waals surface area contributed by atoms with Gasteiger partial charge in [0.2, 0.25) is 0 Å². The van der Waals surface area contributed by atoms with Crippen molar-refractivity contribution in [1.29, 1.82) is 0 Å². The molecule has 0 fully saturated rings. The highest BCUT2D eigenvalue weighted by atomic mass is 16.5. The molecule has 0 aliphatic heterocycles. The number of rotatable bonds is 4. The molecule has 2 heteroatoms. The van der Waals surface area contributed by atoms with Crippen molar-refractivity contribution < 1.29 is 9.53 Å². The lowest BCUT2D eigenvalue weighted by molar-refractivity contribution is -0.160. The van der Waals surface area contributed by atoms with E-state index in [9.17, 15) is 4.79 Å². The Morgan fingerprint density at radius 1 is 1.15 bits per heavy atom. The van der Waals surface area contributed by atoms with Crippen molar-refractivity contribution in [3.05, 3.63) is 0 Å². The van der Waals surface area contributed by atoms with E-state index in [0.29, 0.717) is 6.61 Å². The molecule has 0 unspecified atom stereocenters. The number of hydrogen-bond donors (Lipinski definition) is 0. The quantitative estimate of drug-likeness (QED) is 0.631. The molecule has 0 amide bonds. The molecule has 0 aliphatic rings. The van der Waals surface area contributed by atoms with Crippen LogP contribution in [0.25, 0.3) is 0 Å². The van der Waals surface area contributed by atoms with Crippen molar-refractivity contribution in [1.82, 2.24) is 0 Å². The number of carbonyl (C=O) groups excluding carboxylic acids is 1. The lowest BCUT2D eigenvalue weighted by atomic mass is 9.66. The fourth-order valence-electron chi connectivity index (χ4n) is 1.03. The largest absolute Gasteiger partial charge is 0.466 e. The minimum Gasteiger partial charge on any atom is -0.466 e.